The van der Waals surface area contributed by atoms with E-state index in [1.165, 1.54) is 51.9 Å². The molecule has 1 aliphatic carbocycles. The molecule has 0 amide bonds. The summed E-state index contributed by atoms with van der Waals surface area (Å²) in [5.74, 6) is 0. The van der Waals surface area contributed by atoms with Crippen LogP contribution in [0.15, 0.2) is 0 Å². The van der Waals surface area contributed by atoms with Crippen LogP contribution in [0, 0.1) is 0 Å². The number of rotatable bonds is 2. The molecule has 2 atom stereocenters. The maximum Gasteiger partial charge on any atom is 0.0250 e. The van der Waals surface area contributed by atoms with Crippen LogP contribution < -0.4 is 5.32 Å². The van der Waals surface area contributed by atoms with Crippen molar-refractivity contribution < 1.29 is 0 Å². The molecule has 2 rings (SSSR count). The van der Waals surface area contributed by atoms with Gasteiger partial charge in [-0.1, -0.05) is 12.8 Å². The molecule has 0 bridgehead atoms. The van der Waals surface area contributed by atoms with Crippen LogP contribution in [0.4, 0.5) is 0 Å². The molecule has 0 aromatic carbocycles. The van der Waals surface area contributed by atoms with Crippen LogP contribution >= 0.6 is 0 Å². The summed E-state index contributed by atoms with van der Waals surface area (Å²) in [6, 6.07) is 1.47. The van der Waals surface area contributed by atoms with E-state index in [9.17, 15) is 0 Å². The first-order valence-corrected chi connectivity index (χ1v) is 7.66. The van der Waals surface area contributed by atoms with E-state index in [1.807, 2.05) is 0 Å². The van der Waals surface area contributed by atoms with E-state index in [0.717, 1.165) is 6.04 Å². The van der Waals surface area contributed by atoms with Gasteiger partial charge in [-0.2, -0.15) is 0 Å². The second-order valence-electron chi connectivity index (χ2n) is 7.19. The van der Waals surface area contributed by atoms with Crippen molar-refractivity contribution in [1.82, 2.24) is 15.1 Å². The molecule has 1 heterocycles. The van der Waals surface area contributed by atoms with Crippen LogP contribution in [0.3, 0.4) is 0 Å². The quantitative estimate of drug-likeness (QED) is 0.811. The van der Waals surface area contributed by atoms with Gasteiger partial charge in [0.05, 0.1) is 0 Å². The molecule has 0 spiro atoms. The standard InChI is InChI=1S/C15H31N3/c1-15(2,3)16-13-7-5-6-8-14(13)18-11-9-17(4)10-12-18/h13-14,16H,5-12H2,1-4H3/t13-,14-/m0/s1. The molecule has 106 valence electrons. The number of nitrogens with one attached hydrogen (secondary N) is 1. The first-order valence-electron chi connectivity index (χ1n) is 7.66. The van der Waals surface area contributed by atoms with Gasteiger partial charge < -0.3 is 10.2 Å². The lowest BCUT2D eigenvalue weighted by molar-refractivity contribution is 0.0638. The minimum Gasteiger partial charge on any atom is -0.308 e. The minimum atomic E-state index is 0.243. The van der Waals surface area contributed by atoms with E-state index in [-0.39, 0.29) is 5.54 Å². The molecule has 1 saturated heterocycles. The van der Waals surface area contributed by atoms with Gasteiger partial charge in [0.15, 0.2) is 0 Å². The first-order chi connectivity index (χ1) is 8.46. The van der Waals surface area contributed by atoms with Crippen LogP contribution in [-0.4, -0.2) is 60.6 Å². The average Bonchev–Trinajstić information content (AvgIpc) is 2.29. The topological polar surface area (TPSA) is 18.5 Å². The monoisotopic (exact) mass is 253 g/mol. The highest BCUT2D eigenvalue weighted by molar-refractivity contribution is 4.92. The molecule has 1 saturated carbocycles. The fourth-order valence-corrected chi connectivity index (χ4v) is 3.43. The molecule has 0 radical (unpaired) electrons. The summed E-state index contributed by atoms with van der Waals surface area (Å²) in [4.78, 5) is 5.19. The fourth-order valence-electron chi connectivity index (χ4n) is 3.43. The van der Waals surface area contributed by atoms with Crippen LogP contribution in [0.1, 0.15) is 46.5 Å². The Morgan fingerprint density at radius 3 is 2.17 bits per heavy atom. The van der Waals surface area contributed by atoms with Crippen molar-refractivity contribution in [2.45, 2.75) is 64.1 Å². The molecule has 18 heavy (non-hydrogen) atoms. The van der Waals surface area contributed by atoms with Crippen molar-refractivity contribution in [2.75, 3.05) is 33.2 Å². The van der Waals surface area contributed by atoms with Gasteiger partial charge in [0.2, 0.25) is 0 Å². The highest BCUT2D eigenvalue weighted by Crippen LogP contribution is 2.25. The largest absolute Gasteiger partial charge is 0.308 e. The van der Waals surface area contributed by atoms with Gasteiger partial charge in [-0.05, 0) is 40.7 Å². The van der Waals surface area contributed by atoms with E-state index in [2.05, 4.69) is 42.9 Å². The van der Waals surface area contributed by atoms with Crippen LogP contribution in [0.2, 0.25) is 0 Å². The van der Waals surface area contributed by atoms with Crippen LogP contribution in [0.5, 0.6) is 0 Å². The maximum absolute atomic E-state index is 3.86. The Bertz CT molecular complexity index is 251. The van der Waals surface area contributed by atoms with Gasteiger partial charge in [0.1, 0.15) is 0 Å². The van der Waals surface area contributed by atoms with Gasteiger partial charge in [-0.25, -0.2) is 0 Å². The molecule has 2 aliphatic rings. The molecule has 0 aromatic rings. The summed E-state index contributed by atoms with van der Waals surface area (Å²) < 4.78 is 0. The second-order valence-corrected chi connectivity index (χ2v) is 7.19. The zero-order valence-corrected chi connectivity index (χ0v) is 12.7. The number of likely N-dealkylation sites (N-methyl/N-ethyl adjacent to an activating group) is 1. The van der Waals surface area contributed by atoms with Crippen molar-refractivity contribution in [3.63, 3.8) is 0 Å². The third kappa shape index (κ3) is 3.94. The van der Waals surface area contributed by atoms with E-state index in [0.29, 0.717) is 6.04 Å². The van der Waals surface area contributed by atoms with Crippen molar-refractivity contribution >= 4 is 0 Å². The smallest absolute Gasteiger partial charge is 0.0250 e. The van der Waals surface area contributed by atoms with Crippen molar-refractivity contribution in [3.8, 4) is 0 Å². The van der Waals surface area contributed by atoms with E-state index in [1.54, 1.807) is 0 Å². The van der Waals surface area contributed by atoms with Crippen molar-refractivity contribution in [3.05, 3.63) is 0 Å². The van der Waals surface area contributed by atoms with Gasteiger partial charge in [0, 0.05) is 43.8 Å². The lowest BCUT2D eigenvalue weighted by Gasteiger charge is -2.45. The molecule has 3 heteroatoms. The predicted molar refractivity (Wildman–Crippen MR) is 78.0 cm³/mol. The Morgan fingerprint density at radius 2 is 1.56 bits per heavy atom. The molecule has 2 fully saturated rings. The minimum absolute atomic E-state index is 0.243. The van der Waals surface area contributed by atoms with Gasteiger partial charge in [-0.3, -0.25) is 4.90 Å². The van der Waals surface area contributed by atoms with E-state index < -0.39 is 0 Å². The number of hydrogen-bond donors (Lipinski definition) is 1. The number of nitrogens with zero attached hydrogens (tertiary/aromatic N) is 2. The normalized spacial score (nSPS) is 32.7. The molecule has 1 aliphatic heterocycles. The fraction of sp³-hybridized carbons (Fsp3) is 1.00. The highest BCUT2D eigenvalue weighted by atomic mass is 15.3. The Hall–Kier alpha value is -0.120. The Balaban J connectivity index is 1.95. The zero-order chi connectivity index (χ0) is 13.2. The average molecular weight is 253 g/mol. The molecular weight excluding hydrogens is 222 g/mol. The van der Waals surface area contributed by atoms with Gasteiger partial charge >= 0.3 is 0 Å². The van der Waals surface area contributed by atoms with Crippen LogP contribution in [-0.2, 0) is 0 Å². The summed E-state index contributed by atoms with van der Waals surface area (Å²) in [5.41, 5.74) is 0.243. The van der Waals surface area contributed by atoms with E-state index >= 15 is 0 Å². The summed E-state index contributed by atoms with van der Waals surface area (Å²) in [7, 11) is 2.24. The van der Waals surface area contributed by atoms with E-state index in [4.69, 9.17) is 0 Å². The first kappa shape index (κ1) is 14.3. The molecule has 0 aromatic heterocycles. The molecular formula is C15H31N3. The molecule has 0 unspecified atom stereocenters. The molecule has 1 N–H and O–H groups in total. The summed E-state index contributed by atoms with van der Waals surface area (Å²) in [6.45, 7) is 11.9. The van der Waals surface area contributed by atoms with Gasteiger partial charge in [0.25, 0.3) is 0 Å². The number of piperazine rings is 1. The molecule has 3 nitrogen and oxygen atoms in total. The Kier molecular flexibility index (Phi) is 4.68. The predicted octanol–water partition coefficient (Wildman–Crippen LogP) is 1.93. The maximum atomic E-state index is 3.86. The summed E-state index contributed by atoms with van der Waals surface area (Å²) in [6.07, 6.45) is 5.56. The summed E-state index contributed by atoms with van der Waals surface area (Å²) in [5, 5.41) is 3.86. The van der Waals surface area contributed by atoms with Crippen LogP contribution in [0.25, 0.3) is 0 Å². The highest BCUT2D eigenvalue weighted by Gasteiger charge is 2.33. The Morgan fingerprint density at radius 1 is 0.944 bits per heavy atom. The lowest BCUT2D eigenvalue weighted by Crippen LogP contribution is -2.59. The van der Waals surface area contributed by atoms with Gasteiger partial charge in [-0.15, -0.1) is 0 Å². The summed E-state index contributed by atoms with van der Waals surface area (Å²) >= 11 is 0. The third-order valence-electron chi connectivity index (χ3n) is 4.35. The SMILES string of the molecule is CN1CCN([C@H]2CCCC[C@@H]2NC(C)(C)C)CC1. The zero-order valence-electron chi connectivity index (χ0n) is 12.7. The van der Waals surface area contributed by atoms with Crippen molar-refractivity contribution in [1.29, 1.82) is 0 Å². The third-order valence-corrected chi connectivity index (χ3v) is 4.35. The lowest BCUT2D eigenvalue weighted by atomic mass is 9.87. The number of hydrogen-bond acceptors (Lipinski definition) is 3. The van der Waals surface area contributed by atoms with Crippen molar-refractivity contribution in [2.24, 2.45) is 0 Å². The second kappa shape index (κ2) is 5.89. The Labute approximate surface area is 113 Å².